The summed E-state index contributed by atoms with van der Waals surface area (Å²) in [5, 5.41) is 7.47. The maximum Gasteiger partial charge on any atom is 0.416 e. The first-order chi connectivity index (χ1) is 12.0. The average molecular weight is 388 g/mol. The van der Waals surface area contributed by atoms with Crippen LogP contribution in [0.25, 0.3) is 0 Å². The maximum atomic E-state index is 12.6. The van der Waals surface area contributed by atoms with Gasteiger partial charge in [0, 0.05) is 5.69 Å². The first-order valence-electron chi connectivity index (χ1n) is 7.20. The number of hydrogen-bond donors (Lipinski definition) is 2. The second kappa shape index (κ2) is 7.34. The highest BCUT2D eigenvalue weighted by Crippen LogP contribution is 2.31. The van der Waals surface area contributed by atoms with Crippen LogP contribution < -0.4 is 15.2 Å². The van der Waals surface area contributed by atoms with Crippen molar-refractivity contribution in [2.75, 3.05) is 11.9 Å². The number of amides is 1. The number of carbonyl (C=O) groups excluding carboxylic acids is 1. The Bertz CT molecular complexity index is 927. The Hall–Kier alpha value is -2.59. The van der Waals surface area contributed by atoms with E-state index in [0.29, 0.717) is 5.56 Å². The first-order valence-corrected chi connectivity index (χ1v) is 8.75. The summed E-state index contributed by atoms with van der Waals surface area (Å²) in [5.41, 5.74) is -0.324. The van der Waals surface area contributed by atoms with Gasteiger partial charge in [-0.2, -0.15) is 13.2 Å². The van der Waals surface area contributed by atoms with E-state index in [1.54, 1.807) is 6.92 Å². The number of anilines is 1. The monoisotopic (exact) mass is 388 g/mol. The van der Waals surface area contributed by atoms with Crippen LogP contribution in [0, 0.1) is 6.92 Å². The lowest BCUT2D eigenvalue weighted by molar-refractivity contribution is -0.137. The van der Waals surface area contributed by atoms with Crippen LogP contribution in [0.1, 0.15) is 11.1 Å². The minimum Gasteiger partial charge on any atom is -0.484 e. The van der Waals surface area contributed by atoms with Gasteiger partial charge in [0.05, 0.1) is 10.5 Å². The number of hydrogen-bond acceptors (Lipinski definition) is 4. The van der Waals surface area contributed by atoms with Crippen LogP contribution in [0.4, 0.5) is 18.9 Å². The molecule has 0 unspecified atom stereocenters. The van der Waals surface area contributed by atoms with Crippen LogP contribution in [-0.2, 0) is 21.0 Å². The summed E-state index contributed by atoms with van der Waals surface area (Å²) in [6.45, 7) is 0.988. The number of benzene rings is 2. The van der Waals surface area contributed by atoms with Crippen molar-refractivity contribution in [2.24, 2.45) is 5.14 Å². The van der Waals surface area contributed by atoms with Gasteiger partial charge in [0.15, 0.2) is 6.61 Å². The molecular weight excluding hydrogens is 373 g/mol. The zero-order valence-corrected chi connectivity index (χ0v) is 14.3. The van der Waals surface area contributed by atoms with E-state index in [2.05, 4.69) is 5.32 Å². The van der Waals surface area contributed by atoms with E-state index in [1.165, 1.54) is 24.3 Å². The molecule has 140 valence electrons. The molecular formula is C16H15F3N2O4S. The van der Waals surface area contributed by atoms with Gasteiger partial charge in [-0.25, -0.2) is 13.6 Å². The lowest BCUT2D eigenvalue weighted by Crippen LogP contribution is -2.21. The maximum absolute atomic E-state index is 12.6. The number of ether oxygens (including phenoxy) is 1. The largest absolute Gasteiger partial charge is 0.484 e. The smallest absolute Gasteiger partial charge is 0.416 e. The fourth-order valence-electron chi connectivity index (χ4n) is 2.09. The SMILES string of the molecule is Cc1ccc(NC(=O)COc2cccc(C(F)(F)F)c2)cc1S(N)(=O)=O. The lowest BCUT2D eigenvalue weighted by atomic mass is 10.2. The summed E-state index contributed by atoms with van der Waals surface area (Å²) in [4.78, 5) is 11.7. The fourth-order valence-corrected chi connectivity index (χ4v) is 2.90. The van der Waals surface area contributed by atoms with E-state index in [0.717, 1.165) is 18.2 Å². The van der Waals surface area contributed by atoms with Crippen LogP contribution >= 0.6 is 0 Å². The molecule has 0 fully saturated rings. The second-order valence-electron chi connectivity index (χ2n) is 5.39. The van der Waals surface area contributed by atoms with Gasteiger partial charge in [-0.05, 0) is 42.8 Å². The predicted molar refractivity (Wildman–Crippen MR) is 88.1 cm³/mol. The number of nitrogens with two attached hydrogens (primary N) is 1. The lowest BCUT2D eigenvalue weighted by Gasteiger charge is -2.11. The van der Waals surface area contributed by atoms with Gasteiger partial charge in [-0.15, -0.1) is 0 Å². The molecule has 0 bridgehead atoms. The fraction of sp³-hybridized carbons (Fsp3) is 0.188. The summed E-state index contributed by atoms with van der Waals surface area (Å²) in [7, 11) is -3.95. The number of carbonyl (C=O) groups is 1. The first kappa shape index (κ1) is 19.7. The van der Waals surface area contributed by atoms with Crippen molar-refractivity contribution in [3.8, 4) is 5.75 Å². The third-order valence-electron chi connectivity index (χ3n) is 3.31. The molecule has 1 amide bonds. The van der Waals surface area contributed by atoms with Gasteiger partial charge < -0.3 is 10.1 Å². The highest BCUT2D eigenvalue weighted by Gasteiger charge is 2.30. The Morgan fingerprint density at radius 1 is 1.19 bits per heavy atom. The predicted octanol–water partition coefficient (Wildman–Crippen LogP) is 2.68. The molecule has 0 aliphatic rings. The van der Waals surface area contributed by atoms with Crippen molar-refractivity contribution < 1.29 is 31.1 Å². The standard InChI is InChI=1S/C16H15F3N2O4S/c1-10-5-6-12(8-14(10)26(20,23)24)21-15(22)9-25-13-4-2-3-11(7-13)16(17,18)19/h2-8H,9H2,1H3,(H,21,22)(H2,20,23,24). The molecule has 0 radical (unpaired) electrons. The normalized spacial score (nSPS) is 11.9. The van der Waals surface area contributed by atoms with Crippen molar-refractivity contribution in [3.05, 3.63) is 53.6 Å². The van der Waals surface area contributed by atoms with Crippen molar-refractivity contribution in [1.82, 2.24) is 0 Å². The summed E-state index contributed by atoms with van der Waals surface area (Å²) in [6.07, 6.45) is -4.52. The molecule has 0 spiro atoms. The molecule has 2 aromatic rings. The zero-order chi connectivity index (χ0) is 19.5. The number of halogens is 3. The molecule has 3 N–H and O–H groups in total. The Morgan fingerprint density at radius 3 is 2.50 bits per heavy atom. The van der Waals surface area contributed by atoms with Crippen molar-refractivity contribution >= 4 is 21.6 Å². The molecule has 6 nitrogen and oxygen atoms in total. The van der Waals surface area contributed by atoms with Crippen LogP contribution in [0.15, 0.2) is 47.4 Å². The quantitative estimate of drug-likeness (QED) is 0.823. The van der Waals surface area contributed by atoms with Crippen molar-refractivity contribution in [3.63, 3.8) is 0 Å². The number of primary sulfonamides is 1. The number of alkyl halides is 3. The van der Waals surface area contributed by atoms with E-state index in [-0.39, 0.29) is 16.3 Å². The number of nitrogens with one attached hydrogen (secondary N) is 1. The van der Waals surface area contributed by atoms with E-state index in [1.807, 2.05) is 0 Å². The van der Waals surface area contributed by atoms with Gasteiger partial charge in [-0.3, -0.25) is 4.79 Å². The Labute approximate surface area is 147 Å². The highest BCUT2D eigenvalue weighted by atomic mass is 32.2. The molecule has 0 atom stereocenters. The van der Waals surface area contributed by atoms with Crippen LogP contribution in [0.2, 0.25) is 0 Å². The molecule has 10 heteroatoms. The third-order valence-corrected chi connectivity index (χ3v) is 4.36. The Kier molecular flexibility index (Phi) is 5.57. The number of sulfonamides is 1. The van der Waals surface area contributed by atoms with E-state index >= 15 is 0 Å². The Morgan fingerprint density at radius 2 is 1.88 bits per heavy atom. The molecule has 0 aliphatic carbocycles. The zero-order valence-electron chi connectivity index (χ0n) is 13.5. The van der Waals surface area contributed by atoms with E-state index < -0.39 is 34.3 Å². The minimum absolute atomic E-state index is 0.121. The molecule has 0 heterocycles. The molecule has 2 rings (SSSR count). The van der Waals surface area contributed by atoms with Gasteiger partial charge >= 0.3 is 6.18 Å². The molecule has 0 aliphatic heterocycles. The average Bonchev–Trinajstić information content (AvgIpc) is 2.53. The Balaban J connectivity index is 2.04. The van der Waals surface area contributed by atoms with Crippen LogP contribution in [0.3, 0.4) is 0 Å². The second-order valence-corrected chi connectivity index (χ2v) is 6.92. The number of rotatable bonds is 5. The summed E-state index contributed by atoms with van der Waals surface area (Å²) >= 11 is 0. The summed E-state index contributed by atoms with van der Waals surface area (Å²) in [6, 6.07) is 8.22. The highest BCUT2D eigenvalue weighted by molar-refractivity contribution is 7.89. The van der Waals surface area contributed by atoms with Crippen LogP contribution in [0.5, 0.6) is 5.75 Å². The molecule has 26 heavy (non-hydrogen) atoms. The molecule has 0 saturated heterocycles. The van der Waals surface area contributed by atoms with Gasteiger partial charge in [0.25, 0.3) is 5.91 Å². The topological polar surface area (TPSA) is 98.5 Å². The van der Waals surface area contributed by atoms with Gasteiger partial charge in [0.2, 0.25) is 10.0 Å². The van der Waals surface area contributed by atoms with E-state index in [9.17, 15) is 26.4 Å². The number of aryl methyl sites for hydroxylation is 1. The van der Waals surface area contributed by atoms with Gasteiger partial charge in [0.1, 0.15) is 5.75 Å². The summed E-state index contributed by atoms with van der Waals surface area (Å²) < 4.78 is 65.9. The molecule has 2 aromatic carbocycles. The minimum atomic E-state index is -4.52. The summed E-state index contributed by atoms with van der Waals surface area (Å²) in [5.74, 6) is -0.796. The van der Waals surface area contributed by atoms with Gasteiger partial charge in [-0.1, -0.05) is 12.1 Å². The van der Waals surface area contributed by atoms with Crippen molar-refractivity contribution in [2.45, 2.75) is 18.0 Å². The van der Waals surface area contributed by atoms with Crippen LogP contribution in [-0.4, -0.2) is 20.9 Å². The van der Waals surface area contributed by atoms with Crippen molar-refractivity contribution in [1.29, 1.82) is 0 Å². The third kappa shape index (κ3) is 5.20. The van der Waals surface area contributed by atoms with E-state index in [4.69, 9.17) is 9.88 Å². The molecule has 0 aromatic heterocycles. The molecule has 0 saturated carbocycles.